The Balaban J connectivity index is 2.33. The van der Waals surface area contributed by atoms with E-state index in [0.717, 1.165) is 15.1 Å². The summed E-state index contributed by atoms with van der Waals surface area (Å²) in [4.78, 5) is 1.12. The molecule has 2 N–H and O–H groups in total. The third kappa shape index (κ3) is 1.78. The molecular formula is C10H10BrNOS. The van der Waals surface area contributed by atoms with Gasteiger partial charge < -0.3 is 10.2 Å². The fourth-order valence-corrected chi connectivity index (χ4v) is 2.62. The van der Waals surface area contributed by atoms with Crippen molar-refractivity contribution >= 4 is 27.3 Å². The molecule has 0 aliphatic rings. The largest absolute Gasteiger partial charge is 0.466 e. The van der Waals surface area contributed by atoms with E-state index in [9.17, 15) is 0 Å². The summed E-state index contributed by atoms with van der Waals surface area (Å²) in [7, 11) is 0. The Bertz CT molecular complexity index is 435. The van der Waals surface area contributed by atoms with E-state index >= 15 is 0 Å². The van der Waals surface area contributed by atoms with Crippen molar-refractivity contribution in [2.75, 3.05) is 0 Å². The van der Waals surface area contributed by atoms with Gasteiger partial charge in [0.05, 0.1) is 16.8 Å². The number of hydrogen-bond donors (Lipinski definition) is 1. The summed E-state index contributed by atoms with van der Waals surface area (Å²) in [5.41, 5.74) is 7.30. The average molecular weight is 272 g/mol. The van der Waals surface area contributed by atoms with Crippen LogP contribution in [0.5, 0.6) is 0 Å². The highest BCUT2D eigenvalue weighted by Gasteiger charge is 2.16. The number of rotatable bonds is 2. The zero-order valence-corrected chi connectivity index (χ0v) is 10.1. The maximum atomic E-state index is 6.06. The van der Waals surface area contributed by atoms with Crippen molar-refractivity contribution in [3.05, 3.63) is 44.4 Å². The van der Waals surface area contributed by atoms with Crippen LogP contribution < -0.4 is 5.73 Å². The molecule has 2 rings (SSSR count). The van der Waals surface area contributed by atoms with E-state index in [1.807, 2.05) is 6.07 Å². The number of hydrogen-bond acceptors (Lipinski definition) is 3. The summed E-state index contributed by atoms with van der Waals surface area (Å²) in [6.07, 6.45) is 1.64. The monoisotopic (exact) mass is 271 g/mol. The highest BCUT2D eigenvalue weighted by atomic mass is 79.9. The van der Waals surface area contributed by atoms with Gasteiger partial charge in [0.1, 0.15) is 5.76 Å². The number of halogens is 1. The molecule has 1 unspecified atom stereocenters. The molecule has 0 amide bonds. The zero-order chi connectivity index (χ0) is 10.1. The predicted octanol–water partition coefficient (Wildman–Crippen LogP) is 3.46. The summed E-state index contributed by atoms with van der Waals surface area (Å²) in [6, 6.07) is 3.78. The minimum absolute atomic E-state index is 0.168. The molecule has 0 fully saturated rings. The maximum Gasteiger partial charge on any atom is 0.139 e. The molecule has 0 aliphatic heterocycles. The molecular weight excluding hydrogens is 262 g/mol. The van der Waals surface area contributed by atoms with Crippen LogP contribution in [0.3, 0.4) is 0 Å². The average Bonchev–Trinajstić information content (AvgIpc) is 2.73. The van der Waals surface area contributed by atoms with Gasteiger partial charge in [-0.1, -0.05) is 0 Å². The summed E-state index contributed by atoms with van der Waals surface area (Å²) in [5, 5.41) is 2.09. The lowest BCUT2D eigenvalue weighted by Gasteiger charge is -2.06. The van der Waals surface area contributed by atoms with Gasteiger partial charge in [0.2, 0.25) is 0 Å². The first-order valence-corrected chi connectivity index (χ1v) is 5.89. The summed E-state index contributed by atoms with van der Waals surface area (Å²) >= 11 is 5.06. The van der Waals surface area contributed by atoms with Gasteiger partial charge in [0, 0.05) is 4.88 Å². The molecule has 0 saturated heterocycles. The molecule has 0 saturated carbocycles. The van der Waals surface area contributed by atoms with Crippen molar-refractivity contribution < 1.29 is 4.42 Å². The van der Waals surface area contributed by atoms with E-state index in [2.05, 4.69) is 34.3 Å². The molecule has 2 heterocycles. The van der Waals surface area contributed by atoms with Gasteiger partial charge in [-0.3, -0.25) is 0 Å². The van der Waals surface area contributed by atoms with Gasteiger partial charge in [-0.05, 0) is 45.9 Å². The Labute approximate surface area is 94.9 Å². The molecule has 4 heteroatoms. The molecule has 0 bridgehead atoms. The second-order valence-electron chi connectivity index (χ2n) is 3.14. The second-order valence-corrected chi connectivity index (χ2v) is 4.93. The summed E-state index contributed by atoms with van der Waals surface area (Å²) < 4.78 is 6.25. The van der Waals surface area contributed by atoms with E-state index in [1.54, 1.807) is 17.6 Å². The van der Waals surface area contributed by atoms with Crippen LogP contribution >= 0.6 is 27.3 Å². The molecule has 0 radical (unpaired) electrons. The Morgan fingerprint density at radius 1 is 1.57 bits per heavy atom. The maximum absolute atomic E-state index is 6.06. The van der Waals surface area contributed by atoms with Crippen molar-refractivity contribution in [3.8, 4) is 0 Å². The lowest BCUT2D eigenvalue weighted by molar-refractivity contribution is 0.489. The smallest absolute Gasteiger partial charge is 0.139 e. The zero-order valence-electron chi connectivity index (χ0n) is 7.66. The van der Waals surface area contributed by atoms with Gasteiger partial charge in [-0.25, -0.2) is 0 Å². The highest BCUT2D eigenvalue weighted by molar-refractivity contribution is 9.10. The van der Waals surface area contributed by atoms with Crippen molar-refractivity contribution in [3.63, 3.8) is 0 Å². The van der Waals surface area contributed by atoms with Gasteiger partial charge in [0.25, 0.3) is 0 Å². The lowest BCUT2D eigenvalue weighted by Crippen LogP contribution is -2.09. The minimum Gasteiger partial charge on any atom is -0.466 e. The fourth-order valence-electron chi connectivity index (χ4n) is 1.27. The molecule has 2 aromatic heterocycles. The number of nitrogens with two attached hydrogens (primary N) is 1. The normalized spacial score (nSPS) is 13.1. The number of furan rings is 1. The molecule has 2 nitrogen and oxygen atoms in total. The molecule has 74 valence electrons. The van der Waals surface area contributed by atoms with Crippen LogP contribution in [0.25, 0.3) is 0 Å². The van der Waals surface area contributed by atoms with E-state index in [-0.39, 0.29) is 6.04 Å². The van der Waals surface area contributed by atoms with Crippen LogP contribution in [0, 0.1) is 6.92 Å². The fraction of sp³-hybridized carbons (Fsp3) is 0.200. The van der Waals surface area contributed by atoms with Crippen LogP contribution in [-0.4, -0.2) is 0 Å². The van der Waals surface area contributed by atoms with Crippen LogP contribution in [0.15, 0.2) is 32.7 Å². The first-order chi connectivity index (χ1) is 6.68. The van der Waals surface area contributed by atoms with Crippen molar-refractivity contribution in [2.24, 2.45) is 5.73 Å². The predicted molar refractivity (Wildman–Crippen MR) is 61.5 cm³/mol. The Hall–Kier alpha value is -0.580. The Kier molecular flexibility index (Phi) is 2.76. The summed E-state index contributed by atoms with van der Waals surface area (Å²) in [5.74, 6) is 0.784. The van der Waals surface area contributed by atoms with Crippen LogP contribution in [0.4, 0.5) is 0 Å². The second kappa shape index (κ2) is 3.88. The quantitative estimate of drug-likeness (QED) is 0.909. The molecule has 1 atom stereocenters. The third-order valence-corrected chi connectivity index (χ3v) is 3.77. The lowest BCUT2D eigenvalue weighted by atomic mass is 10.2. The van der Waals surface area contributed by atoms with Crippen molar-refractivity contribution in [2.45, 2.75) is 13.0 Å². The van der Waals surface area contributed by atoms with E-state index in [4.69, 9.17) is 10.2 Å². The van der Waals surface area contributed by atoms with Gasteiger partial charge >= 0.3 is 0 Å². The van der Waals surface area contributed by atoms with Gasteiger partial charge in [0.15, 0.2) is 0 Å². The number of aryl methyl sites for hydroxylation is 1. The van der Waals surface area contributed by atoms with Gasteiger partial charge in [-0.15, -0.1) is 11.3 Å². The molecule has 0 aliphatic carbocycles. The van der Waals surface area contributed by atoms with E-state index < -0.39 is 0 Å². The Morgan fingerprint density at radius 3 is 2.86 bits per heavy atom. The van der Waals surface area contributed by atoms with E-state index in [1.165, 1.54) is 5.56 Å². The standard InChI is InChI=1S/C10H10BrNOS/c1-6-4-8(14-5-6)9(12)10-7(11)2-3-13-10/h2-5,9H,12H2,1H3. The van der Waals surface area contributed by atoms with Gasteiger partial charge in [-0.2, -0.15) is 0 Å². The van der Waals surface area contributed by atoms with Crippen molar-refractivity contribution in [1.82, 2.24) is 0 Å². The summed E-state index contributed by atoms with van der Waals surface area (Å²) in [6.45, 7) is 2.06. The minimum atomic E-state index is -0.168. The topological polar surface area (TPSA) is 39.2 Å². The molecule has 14 heavy (non-hydrogen) atoms. The van der Waals surface area contributed by atoms with Crippen LogP contribution in [-0.2, 0) is 0 Å². The van der Waals surface area contributed by atoms with E-state index in [0.29, 0.717) is 0 Å². The SMILES string of the molecule is Cc1csc(C(N)c2occc2Br)c1. The van der Waals surface area contributed by atoms with Crippen LogP contribution in [0.2, 0.25) is 0 Å². The highest BCUT2D eigenvalue weighted by Crippen LogP contribution is 2.30. The Morgan fingerprint density at radius 2 is 2.36 bits per heavy atom. The van der Waals surface area contributed by atoms with Crippen molar-refractivity contribution in [1.29, 1.82) is 0 Å². The first-order valence-electron chi connectivity index (χ1n) is 4.22. The van der Waals surface area contributed by atoms with Crippen LogP contribution in [0.1, 0.15) is 22.2 Å². The molecule has 0 spiro atoms. The molecule has 0 aromatic carbocycles. The first kappa shape index (κ1) is 9.96. The number of thiophene rings is 1. The molecule has 2 aromatic rings. The third-order valence-electron chi connectivity index (χ3n) is 1.98.